The van der Waals surface area contributed by atoms with E-state index in [1.165, 1.54) is 57.6 Å². The van der Waals surface area contributed by atoms with Crippen molar-refractivity contribution < 1.29 is 9.59 Å². The molecule has 5 rings (SSSR count). The van der Waals surface area contributed by atoms with Gasteiger partial charge in [0.05, 0.1) is 18.3 Å². The first-order valence-corrected chi connectivity index (χ1v) is 12.6. The van der Waals surface area contributed by atoms with Crippen LogP contribution in [-0.2, 0) is 11.3 Å². The predicted octanol–water partition coefficient (Wildman–Crippen LogP) is 4.85. The number of aromatic nitrogens is 2. The highest BCUT2D eigenvalue weighted by atomic mass is 16.1. The molecule has 4 aliphatic carbocycles. The molecule has 0 spiro atoms. The highest BCUT2D eigenvalue weighted by Crippen LogP contribution is 2.67. The molecule has 4 saturated carbocycles. The Labute approximate surface area is 186 Å². The van der Waals surface area contributed by atoms with E-state index in [4.69, 9.17) is 5.73 Å². The van der Waals surface area contributed by atoms with Crippen LogP contribution in [0.3, 0.4) is 0 Å². The lowest BCUT2D eigenvalue weighted by atomic mass is 9.44. The molecule has 2 N–H and O–H groups in total. The Morgan fingerprint density at radius 3 is 2.55 bits per heavy atom. The predicted molar refractivity (Wildman–Crippen MR) is 120 cm³/mol. The smallest absolute Gasteiger partial charge is 0.251 e. The third kappa shape index (κ3) is 3.29. The number of nitrogens with zero attached hydrogens (tertiary/aromatic N) is 2. The Bertz CT molecular complexity index is 878. The molecule has 1 aromatic heterocycles. The van der Waals surface area contributed by atoms with Crippen LogP contribution in [0.5, 0.6) is 0 Å². The normalized spacial score (nSPS) is 44.2. The molecule has 0 aromatic carbocycles. The van der Waals surface area contributed by atoms with E-state index >= 15 is 0 Å². The van der Waals surface area contributed by atoms with Gasteiger partial charge in [-0.15, -0.1) is 0 Å². The van der Waals surface area contributed by atoms with Crippen LogP contribution in [0.25, 0.3) is 0 Å². The Balaban J connectivity index is 1.32. The summed E-state index contributed by atoms with van der Waals surface area (Å²) in [5.41, 5.74) is 6.36. The van der Waals surface area contributed by atoms with Gasteiger partial charge in [-0.05, 0) is 91.8 Å². The molecule has 1 aromatic rings. The summed E-state index contributed by atoms with van der Waals surface area (Å²) in [6.07, 6.45) is 14.8. The van der Waals surface area contributed by atoms with Gasteiger partial charge >= 0.3 is 0 Å². The van der Waals surface area contributed by atoms with Gasteiger partial charge in [0.15, 0.2) is 5.78 Å². The van der Waals surface area contributed by atoms with Crippen LogP contribution in [-0.4, -0.2) is 21.5 Å². The summed E-state index contributed by atoms with van der Waals surface area (Å²) in [5.74, 6) is 4.08. The number of ketones is 1. The molecule has 0 radical (unpaired) electrons. The van der Waals surface area contributed by atoms with Crippen LogP contribution >= 0.6 is 0 Å². The van der Waals surface area contributed by atoms with Crippen molar-refractivity contribution in [3.63, 3.8) is 0 Å². The largest absolute Gasteiger partial charge is 0.366 e. The van der Waals surface area contributed by atoms with Crippen LogP contribution in [0.4, 0.5) is 0 Å². The molecule has 5 unspecified atom stereocenters. The highest BCUT2D eigenvalue weighted by Gasteiger charge is 2.60. The molecule has 170 valence electrons. The second-order valence-corrected chi connectivity index (χ2v) is 12.0. The fourth-order valence-corrected chi connectivity index (χ4v) is 8.85. The molecule has 4 fully saturated rings. The zero-order valence-electron chi connectivity index (χ0n) is 19.5. The van der Waals surface area contributed by atoms with Gasteiger partial charge in [0.2, 0.25) is 0 Å². The number of carbonyl (C=O) groups is 2. The summed E-state index contributed by atoms with van der Waals surface area (Å²) in [5, 5.41) is 4.20. The number of nitrogens with two attached hydrogens (primary N) is 1. The van der Waals surface area contributed by atoms with Gasteiger partial charge in [-0.3, -0.25) is 14.3 Å². The molecule has 0 aliphatic heterocycles. The van der Waals surface area contributed by atoms with Crippen molar-refractivity contribution in [3.05, 3.63) is 18.0 Å². The fourth-order valence-electron chi connectivity index (χ4n) is 8.85. The number of carbonyl (C=O) groups excluding carboxylic acids is 2. The molecule has 31 heavy (non-hydrogen) atoms. The van der Waals surface area contributed by atoms with E-state index in [0.717, 1.165) is 30.1 Å². The third-order valence-corrected chi connectivity index (χ3v) is 10.6. The van der Waals surface area contributed by atoms with Gasteiger partial charge in [0, 0.05) is 12.1 Å². The maximum Gasteiger partial charge on any atom is 0.251 e. The first kappa shape index (κ1) is 21.2. The lowest BCUT2D eigenvalue weighted by Gasteiger charge is -2.61. The number of hydrogen-bond donors (Lipinski definition) is 1. The maximum atomic E-state index is 13.4. The van der Waals surface area contributed by atoms with Crippen molar-refractivity contribution >= 4 is 11.7 Å². The first-order chi connectivity index (χ1) is 14.7. The first-order valence-electron chi connectivity index (χ1n) is 12.6. The lowest BCUT2D eigenvalue weighted by Crippen LogP contribution is -2.53. The summed E-state index contributed by atoms with van der Waals surface area (Å²) in [7, 11) is 0. The summed E-state index contributed by atoms with van der Waals surface area (Å²) in [4.78, 5) is 24.7. The zero-order chi connectivity index (χ0) is 22.0. The van der Waals surface area contributed by atoms with Crippen molar-refractivity contribution in [1.82, 2.24) is 9.78 Å². The standard InChI is InChI=1S/C26H39N3O2/c1-16-8-10-25(2)18(12-16)4-5-19-20-6-7-22(26(20,3)11-9-21(19)25)23(30)15-29-14-17(13-28-29)24(27)31/h13-14,16,18-22H,4-12,15H2,1-3H3,(H2,27,31)/t16?,18-,19?,20?,21?,22?,25+,26+/m1/s1. The number of hydrogen-bond acceptors (Lipinski definition) is 3. The van der Waals surface area contributed by atoms with Crippen LogP contribution in [0.15, 0.2) is 12.4 Å². The summed E-state index contributed by atoms with van der Waals surface area (Å²) in [6.45, 7) is 7.74. The molecule has 0 bridgehead atoms. The van der Waals surface area contributed by atoms with E-state index in [2.05, 4.69) is 25.9 Å². The molecule has 5 heteroatoms. The van der Waals surface area contributed by atoms with Crippen LogP contribution in [0.1, 0.15) is 88.9 Å². The van der Waals surface area contributed by atoms with Gasteiger partial charge in [0.1, 0.15) is 0 Å². The third-order valence-electron chi connectivity index (χ3n) is 10.6. The molecule has 4 aliphatic rings. The molecule has 8 atom stereocenters. The van der Waals surface area contributed by atoms with Gasteiger partial charge in [-0.1, -0.05) is 27.2 Å². The number of rotatable bonds is 4. The number of Topliss-reactive ketones (excluding diaryl/α,β-unsaturated/α-hetero) is 1. The Hall–Kier alpha value is -1.65. The summed E-state index contributed by atoms with van der Waals surface area (Å²) in [6, 6.07) is 0. The Kier molecular flexibility index (Phi) is 5.10. The van der Waals surface area contributed by atoms with Crippen LogP contribution in [0.2, 0.25) is 0 Å². The van der Waals surface area contributed by atoms with Crippen LogP contribution < -0.4 is 5.73 Å². The van der Waals surface area contributed by atoms with Gasteiger partial charge in [-0.25, -0.2) is 0 Å². The van der Waals surface area contributed by atoms with E-state index in [0.29, 0.717) is 16.9 Å². The van der Waals surface area contributed by atoms with Crippen molar-refractivity contribution in [2.45, 2.75) is 85.1 Å². The molecular weight excluding hydrogens is 386 g/mol. The quantitative estimate of drug-likeness (QED) is 0.749. The summed E-state index contributed by atoms with van der Waals surface area (Å²) < 4.78 is 1.60. The van der Waals surface area contributed by atoms with Gasteiger partial charge in [-0.2, -0.15) is 5.10 Å². The monoisotopic (exact) mass is 425 g/mol. The average molecular weight is 426 g/mol. The summed E-state index contributed by atoms with van der Waals surface area (Å²) >= 11 is 0. The Morgan fingerprint density at radius 2 is 1.81 bits per heavy atom. The van der Waals surface area contributed by atoms with Gasteiger partial charge < -0.3 is 5.73 Å². The molecule has 1 amide bonds. The second-order valence-electron chi connectivity index (χ2n) is 12.0. The topological polar surface area (TPSA) is 78.0 Å². The Morgan fingerprint density at radius 1 is 1.06 bits per heavy atom. The number of amides is 1. The van der Waals surface area contributed by atoms with Gasteiger partial charge in [0.25, 0.3) is 5.91 Å². The van der Waals surface area contributed by atoms with E-state index in [9.17, 15) is 9.59 Å². The lowest BCUT2D eigenvalue weighted by molar-refractivity contribution is -0.137. The molecule has 0 saturated heterocycles. The molecule has 1 heterocycles. The van der Waals surface area contributed by atoms with Crippen molar-refractivity contribution in [1.29, 1.82) is 0 Å². The fraction of sp³-hybridized carbons (Fsp3) is 0.808. The minimum Gasteiger partial charge on any atom is -0.366 e. The number of fused-ring (bicyclic) bond motifs is 5. The second kappa shape index (κ2) is 7.45. The maximum absolute atomic E-state index is 13.4. The number of primary amides is 1. The van der Waals surface area contributed by atoms with E-state index in [-0.39, 0.29) is 23.7 Å². The average Bonchev–Trinajstić information content (AvgIpc) is 3.32. The van der Waals surface area contributed by atoms with E-state index in [1.54, 1.807) is 10.9 Å². The zero-order valence-corrected chi connectivity index (χ0v) is 19.5. The van der Waals surface area contributed by atoms with Crippen molar-refractivity contribution in [3.8, 4) is 0 Å². The molecule has 5 nitrogen and oxygen atoms in total. The van der Waals surface area contributed by atoms with Crippen LogP contribution in [0, 0.1) is 46.3 Å². The minimum absolute atomic E-state index is 0.122. The van der Waals surface area contributed by atoms with E-state index in [1.807, 2.05) is 0 Å². The SMILES string of the molecule is CC1CC[C@]2(C)C3CC[C@]4(C)C(C(=O)Cn5cc(C(N)=O)cn5)CCC4C3CC[C@@H]2C1. The van der Waals surface area contributed by atoms with E-state index < -0.39 is 5.91 Å². The van der Waals surface area contributed by atoms with Crippen molar-refractivity contribution in [2.24, 2.45) is 52.1 Å². The molecular formula is C26H39N3O2. The minimum atomic E-state index is -0.494. The highest BCUT2D eigenvalue weighted by molar-refractivity contribution is 5.92. The van der Waals surface area contributed by atoms with Crippen molar-refractivity contribution in [2.75, 3.05) is 0 Å².